The Morgan fingerprint density at radius 2 is 2.10 bits per heavy atom. The Morgan fingerprint density at radius 3 is 2.65 bits per heavy atom. The fourth-order valence-electron chi connectivity index (χ4n) is 1.77. The van der Waals surface area contributed by atoms with Crippen molar-refractivity contribution in [3.63, 3.8) is 0 Å². The van der Waals surface area contributed by atoms with Crippen molar-refractivity contribution in [2.75, 3.05) is 13.7 Å². The molecule has 5 nitrogen and oxygen atoms in total. The Bertz CT molecular complexity index is 445. The molecule has 3 N–H and O–H groups in total. The Hall–Kier alpha value is -1.75. The van der Waals surface area contributed by atoms with Gasteiger partial charge in [0, 0.05) is 12.0 Å². The van der Waals surface area contributed by atoms with Gasteiger partial charge in [0.1, 0.15) is 6.04 Å². The van der Waals surface area contributed by atoms with Crippen molar-refractivity contribution in [1.82, 2.24) is 0 Å². The molecule has 0 saturated heterocycles. The molecule has 0 radical (unpaired) electrons. The number of hydrogen-bond acceptors (Lipinski definition) is 4. The summed E-state index contributed by atoms with van der Waals surface area (Å²) in [6.07, 6.45) is 1.13. The van der Waals surface area contributed by atoms with Gasteiger partial charge in [-0.05, 0) is 18.4 Å². The molecule has 112 valence electrons. The minimum Gasteiger partial charge on any atom is -0.493 e. The predicted molar refractivity (Wildman–Crippen MR) is 77.3 cm³/mol. The van der Waals surface area contributed by atoms with E-state index in [1.165, 1.54) is 0 Å². The van der Waals surface area contributed by atoms with Gasteiger partial charge >= 0.3 is 5.97 Å². The average Bonchev–Trinajstić information content (AvgIpc) is 2.39. The number of ether oxygens (including phenoxy) is 2. The van der Waals surface area contributed by atoms with Crippen LogP contribution in [0.25, 0.3) is 0 Å². The van der Waals surface area contributed by atoms with Crippen LogP contribution in [0.4, 0.5) is 0 Å². The molecule has 1 unspecified atom stereocenters. The Kier molecular flexibility index (Phi) is 6.31. The van der Waals surface area contributed by atoms with E-state index in [0.717, 1.165) is 12.0 Å². The summed E-state index contributed by atoms with van der Waals surface area (Å²) in [7, 11) is 1.56. The molecule has 5 heteroatoms. The number of para-hydroxylation sites is 1. The van der Waals surface area contributed by atoms with Crippen LogP contribution in [0.2, 0.25) is 0 Å². The number of carboxylic acids is 1. The first-order chi connectivity index (χ1) is 9.45. The van der Waals surface area contributed by atoms with Gasteiger partial charge in [-0.15, -0.1) is 0 Å². The molecule has 1 aromatic carbocycles. The zero-order valence-corrected chi connectivity index (χ0v) is 12.3. The van der Waals surface area contributed by atoms with Crippen LogP contribution in [0.15, 0.2) is 18.2 Å². The minimum absolute atomic E-state index is 0.212. The first-order valence-electron chi connectivity index (χ1n) is 6.72. The smallest absolute Gasteiger partial charge is 0.320 e. The Labute approximate surface area is 119 Å². The van der Waals surface area contributed by atoms with Gasteiger partial charge in [-0.1, -0.05) is 26.0 Å². The van der Waals surface area contributed by atoms with Crippen LogP contribution in [-0.2, 0) is 11.2 Å². The molecule has 0 fully saturated rings. The molecular formula is C15H23NO4. The van der Waals surface area contributed by atoms with Crippen molar-refractivity contribution >= 4 is 5.97 Å². The standard InChI is InChI=1S/C15H23NO4/c1-10(2)7-8-20-14-11(9-12(16)15(17)18)5-4-6-13(14)19-3/h4-6,10,12H,7-9,16H2,1-3H3,(H,17,18). The van der Waals surface area contributed by atoms with E-state index in [1.54, 1.807) is 19.2 Å². The highest BCUT2D eigenvalue weighted by atomic mass is 16.5. The highest BCUT2D eigenvalue weighted by Crippen LogP contribution is 2.32. The van der Waals surface area contributed by atoms with Gasteiger partial charge in [0.05, 0.1) is 13.7 Å². The molecule has 0 aromatic heterocycles. The molecule has 0 saturated carbocycles. The van der Waals surface area contributed by atoms with E-state index in [-0.39, 0.29) is 6.42 Å². The van der Waals surface area contributed by atoms with Gasteiger partial charge in [0.2, 0.25) is 0 Å². The van der Waals surface area contributed by atoms with E-state index in [1.807, 2.05) is 6.07 Å². The second-order valence-corrected chi connectivity index (χ2v) is 5.13. The van der Waals surface area contributed by atoms with E-state index in [2.05, 4.69) is 13.8 Å². The normalized spacial score (nSPS) is 12.2. The molecule has 0 heterocycles. The summed E-state index contributed by atoms with van der Waals surface area (Å²) in [6.45, 7) is 4.80. The molecule has 0 spiro atoms. The number of nitrogens with two attached hydrogens (primary N) is 1. The molecule has 0 aliphatic heterocycles. The first kappa shape index (κ1) is 16.3. The number of benzene rings is 1. The largest absolute Gasteiger partial charge is 0.493 e. The number of hydrogen-bond donors (Lipinski definition) is 2. The second kappa shape index (κ2) is 7.75. The lowest BCUT2D eigenvalue weighted by molar-refractivity contribution is -0.138. The molecule has 0 bridgehead atoms. The number of carboxylic acid groups (broad SMARTS) is 1. The molecule has 1 rings (SSSR count). The van der Waals surface area contributed by atoms with E-state index in [9.17, 15) is 4.79 Å². The Morgan fingerprint density at radius 1 is 1.40 bits per heavy atom. The predicted octanol–water partition coefficient (Wildman–Crippen LogP) is 2.07. The van der Waals surface area contributed by atoms with Gasteiger partial charge in [-0.3, -0.25) is 4.79 Å². The fourth-order valence-corrected chi connectivity index (χ4v) is 1.77. The SMILES string of the molecule is COc1cccc(CC(N)C(=O)O)c1OCCC(C)C. The summed E-state index contributed by atoms with van der Waals surface area (Å²) < 4.78 is 11.0. The zero-order valence-electron chi connectivity index (χ0n) is 12.3. The van der Waals surface area contributed by atoms with Gasteiger partial charge in [0.25, 0.3) is 0 Å². The third-order valence-electron chi connectivity index (χ3n) is 2.98. The monoisotopic (exact) mass is 281 g/mol. The number of carbonyl (C=O) groups is 1. The van der Waals surface area contributed by atoms with E-state index in [4.69, 9.17) is 20.3 Å². The summed E-state index contributed by atoms with van der Waals surface area (Å²) in [4.78, 5) is 10.9. The van der Waals surface area contributed by atoms with Gasteiger partial charge in [-0.25, -0.2) is 0 Å². The van der Waals surface area contributed by atoms with E-state index < -0.39 is 12.0 Å². The fraction of sp³-hybridized carbons (Fsp3) is 0.533. The van der Waals surface area contributed by atoms with Crippen LogP contribution in [0.3, 0.4) is 0 Å². The molecule has 0 aliphatic carbocycles. The summed E-state index contributed by atoms with van der Waals surface area (Å²) in [5.74, 6) is 0.701. The molecule has 0 aliphatic rings. The van der Waals surface area contributed by atoms with E-state index in [0.29, 0.717) is 24.0 Å². The lowest BCUT2D eigenvalue weighted by Gasteiger charge is -2.17. The number of rotatable bonds is 8. The molecule has 20 heavy (non-hydrogen) atoms. The van der Waals surface area contributed by atoms with Crippen molar-refractivity contribution in [3.8, 4) is 11.5 Å². The summed E-state index contributed by atoms with van der Waals surface area (Å²) in [6, 6.07) is 4.46. The van der Waals surface area contributed by atoms with Crippen molar-refractivity contribution in [3.05, 3.63) is 23.8 Å². The highest BCUT2D eigenvalue weighted by molar-refractivity contribution is 5.73. The first-order valence-corrected chi connectivity index (χ1v) is 6.72. The molecule has 1 aromatic rings. The van der Waals surface area contributed by atoms with Crippen LogP contribution in [0.5, 0.6) is 11.5 Å². The molecule has 0 amide bonds. The van der Waals surface area contributed by atoms with Crippen LogP contribution in [0, 0.1) is 5.92 Å². The van der Waals surface area contributed by atoms with Crippen LogP contribution in [0.1, 0.15) is 25.8 Å². The Balaban J connectivity index is 2.89. The number of methoxy groups -OCH3 is 1. The maximum absolute atomic E-state index is 10.9. The third kappa shape index (κ3) is 4.74. The molecular weight excluding hydrogens is 258 g/mol. The molecule has 1 atom stereocenters. The van der Waals surface area contributed by atoms with Crippen molar-refractivity contribution < 1.29 is 19.4 Å². The quantitative estimate of drug-likeness (QED) is 0.762. The van der Waals surface area contributed by atoms with Crippen molar-refractivity contribution in [1.29, 1.82) is 0 Å². The highest BCUT2D eigenvalue weighted by Gasteiger charge is 2.17. The summed E-state index contributed by atoms with van der Waals surface area (Å²) in [5.41, 5.74) is 6.34. The van der Waals surface area contributed by atoms with Crippen LogP contribution in [-0.4, -0.2) is 30.8 Å². The van der Waals surface area contributed by atoms with Crippen LogP contribution >= 0.6 is 0 Å². The second-order valence-electron chi connectivity index (χ2n) is 5.13. The van der Waals surface area contributed by atoms with Crippen LogP contribution < -0.4 is 15.2 Å². The van der Waals surface area contributed by atoms with E-state index >= 15 is 0 Å². The van der Waals surface area contributed by atoms with Gasteiger partial charge in [-0.2, -0.15) is 0 Å². The lowest BCUT2D eigenvalue weighted by atomic mass is 10.0. The van der Waals surface area contributed by atoms with Crippen molar-refractivity contribution in [2.45, 2.75) is 32.7 Å². The number of aliphatic carboxylic acids is 1. The third-order valence-corrected chi connectivity index (χ3v) is 2.98. The summed E-state index contributed by atoms with van der Waals surface area (Å²) >= 11 is 0. The van der Waals surface area contributed by atoms with Crippen molar-refractivity contribution in [2.24, 2.45) is 11.7 Å². The average molecular weight is 281 g/mol. The van der Waals surface area contributed by atoms with Gasteiger partial charge < -0.3 is 20.3 Å². The summed E-state index contributed by atoms with van der Waals surface area (Å²) in [5, 5.41) is 8.91. The maximum atomic E-state index is 10.9. The topological polar surface area (TPSA) is 81.8 Å². The maximum Gasteiger partial charge on any atom is 0.320 e. The zero-order chi connectivity index (χ0) is 15.1. The lowest BCUT2D eigenvalue weighted by Crippen LogP contribution is -2.32. The minimum atomic E-state index is -1.03. The van der Waals surface area contributed by atoms with Gasteiger partial charge in [0.15, 0.2) is 11.5 Å².